The summed E-state index contributed by atoms with van der Waals surface area (Å²) in [5.41, 5.74) is 2.74. The predicted molar refractivity (Wildman–Crippen MR) is 127 cm³/mol. The van der Waals surface area contributed by atoms with Gasteiger partial charge in [-0.1, -0.05) is 46.3 Å². The Morgan fingerprint density at radius 3 is 2.81 bits per heavy atom. The topological polar surface area (TPSA) is 69.0 Å². The van der Waals surface area contributed by atoms with E-state index < -0.39 is 0 Å². The highest BCUT2D eigenvalue weighted by atomic mass is 79.9. The first-order valence-electron chi connectivity index (χ1n) is 9.85. The number of nitrogens with zero attached hydrogens (tertiary/aromatic N) is 3. The number of thiazole rings is 1. The van der Waals surface area contributed by atoms with Gasteiger partial charge in [-0.3, -0.25) is 4.79 Å². The minimum absolute atomic E-state index is 0.135. The van der Waals surface area contributed by atoms with Gasteiger partial charge in [-0.25, -0.2) is 9.67 Å². The molecule has 0 atom stereocenters. The van der Waals surface area contributed by atoms with Gasteiger partial charge >= 0.3 is 0 Å². The van der Waals surface area contributed by atoms with Crippen LogP contribution in [0.5, 0.6) is 5.75 Å². The van der Waals surface area contributed by atoms with E-state index in [1.807, 2.05) is 60.8 Å². The quantitative estimate of drug-likeness (QED) is 0.354. The molecule has 2 heterocycles. The molecular weight excluding hydrogens is 476 g/mol. The summed E-state index contributed by atoms with van der Waals surface area (Å²) in [6.45, 7) is 3.10. The summed E-state index contributed by atoms with van der Waals surface area (Å²) in [5.74, 6) is 1.31. The molecule has 2 aromatic carbocycles. The molecule has 4 rings (SSSR count). The molecule has 0 aliphatic carbocycles. The molecule has 2 aromatic heterocycles. The van der Waals surface area contributed by atoms with Crippen LogP contribution in [0.3, 0.4) is 0 Å². The Hall–Kier alpha value is -2.97. The van der Waals surface area contributed by atoms with Crippen LogP contribution < -0.4 is 10.1 Å². The summed E-state index contributed by atoms with van der Waals surface area (Å²) in [5, 5.41) is 10.0. The Kier molecular flexibility index (Phi) is 6.79. The van der Waals surface area contributed by atoms with E-state index >= 15 is 0 Å². The lowest BCUT2D eigenvalue weighted by atomic mass is 10.2. The molecule has 0 radical (unpaired) electrons. The lowest BCUT2D eigenvalue weighted by Crippen LogP contribution is -2.18. The second-order valence-electron chi connectivity index (χ2n) is 6.76. The first-order chi connectivity index (χ1) is 15.1. The number of halogens is 1. The third kappa shape index (κ3) is 5.21. The highest BCUT2D eigenvalue weighted by Crippen LogP contribution is 2.32. The van der Waals surface area contributed by atoms with Gasteiger partial charge < -0.3 is 10.1 Å². The maximum atomic E-state index is 12.6. The smallest absolute Gasteiger partial charge is 0.231 e. The van der Waals surface area contributed by atoms with E-state index in [9.17, 15) is 4.79 Å². The largest absolute Gasteiger partial charge is 0.493 e. The monoisotopic (exact) mass is 496 g/mol. The second kappa shape index (κ2) is 9.89. The fraction of sp³-hybridized carbons (Fsp3) is 0.174. The molecule has 0 fully saturated rings. The Morgan fingerprint density at radius 1 is 1.16 bits per heavy atom. The van der Waals surface area contributed by atoms with Gasteiger partial charge in [0.05, 0.1) is 37.0 Å². The molecule has 1 amide bonds. The van der Waals surface area contributed by atoms with Gasteiger partial charge in [-0.15, -0.1) is 11.3 Å². The van der Waals surface area contributed by atoms with Crippen molar-refractivity contribution >= 4 is 39.0 Å². The molecule has 4 aromatic rings. The van der Waals surface area contributed by atoms with E-state index in [1.165, 1.54) is 11.3 Å². The number of hydrogen-bond acceptors (Lipinski definition) is 5. The summed E-state index contributed by atoms with van der Waals surface area (Å²) in [4.78, 5) is 17.3. The van der Waals surface area contributed by atoms with Gasteiger partial charge in [0.2, 0.25) is 5.91 Å². The molecule has 0 aliphatic rings. The van der Waals surface area contributed by atoms with Crippen molar-refractivity contribution in [3.8, 4) is 16.3 Å². The van der Waals surface area contributed by atoms with Gasteiger partial charge in [-0.2, -0.15) is 5.10 Å². The minimum Gasteiger partial charge on any atom is -0.493 e. The van der Waals surface area contributed by atoms with Crippen LogP contribution in [-0.4, -0.2) is 27.3 Å². The summed E-state index contributed by atoms with van der Waals surface area (Å²) >= 11 is 5.06. The highest BCUT2D eigenvalue weighted by Gasteiger charge is 2.14. The van der Waals surface area contributed by atoms with Crippen LogP contribution in [0.2, 0.25) is 0 Å². The zero-order chi connectivity index (χ0) is 21.6. The molecule has 158 valence electrons. The third-order valence-corrected chi connectivity index (χ3v) is 6.27. The zero-order valence-corrected chi connectivity index (χ0v) is 19.3. The summed E-state index contributed by atoms with van der Waals surface area (Å²) in [7, 11) is 0. The summed E-state index contributed by atoms with van der Waals surface area (Å²) < 4.78 is 8.47. The number of carbonyl (C=O) groups excluding carboxylic acids is 1. The average Bonchev–Trinajstić information content (AvgIpc) is 3.40. The molecule has 6 nitrogen and oxygen atoms in total. The lowest BCUT2D eigenvalue weighted by molar-refractivity contribution is -0.115. The molecule has 0 saturated heterocycles. The van der Waals surface area contributed by atoms with Gasteiger partial charge in [-0.05, 0) is 30.7 Å². The van der Waals surface area contributed by atoms with Crippen LogP contribution in [0.1, 0.15) is 18.2 Å². The fourth-order valence-corrected chi connectivity index (χ4v) is 4.40. The molecule has 0 bridgehead atoms. The maximum Gasteiger partial charge on any atom is 0.231 e. The van der Waals surface area contributed by atoms with Crippen molar-refractivity contribution in [2.45, 2.75) is 19.9 Å². The van der Waals surface area contributed by atoms with Crippen LogP contribution in [0.4, 0.5) is 5.82 Å². The minimum atomic E-state index is -0.135. The van der Waals surface area contributed by atoms with E-state index in [2.05, 4.69) is 31.3 Å². The van der Waals surface area contributed by atoms with Crippen molar-refractivity contribution in [1.29, 1.82) is 0 Å². The van der Waals surface area contributed by atoms with Crippen molar-refractivity contribution in [1.82, 2.24) is 14.8 Å². The number of nitrogens with one attached hydrogen (secondary N) is 1. The standard InChI is InChI=1S/C23H21BrN4O2S/c1-2-30-20-10-6-4-8-18(20)23-26-17(15-31-23)13-22(29)27-21-11-12-25-28(21)14-16-7-3-5-9-19(16)24/h3-12,15H,2,13-14H2,1H3,(H,27,29). The number of aromatic nitrogens is 3. The molecule has 0 unspecified atom stereocenters. The highest BCUT2D eigenvalue weighted by molar-refractivity contribution is 9.10. The van der Waals surface area contributed by atoms with Crippen molar-refractivity contribution < 1.29 is 9.53 Å². The molecule has 31 heavy (non-hydrogen) atoms. The van der Waals surface area contributed by atoms with Crippen LogP contribution in [0.15, 0.2) is 70.6 Å². The molecule has 0 spiro atoms. The SMILES string of the molecule is CCOc1ccccc1-c1nc(CC(=O)Nc2ccnn2Cc2ccccc2Br)cs1. The van der Waals surface area contributed by atoms with Crippen LogP contribution in [-0.2, 0) is 17.8 Å². The van der Waals surface area contributed by atoms with E-state index in [-0.39, 0.29) is 12.3 Å². The number of para-hydroxylation sites is 1. The number of amides is 1. The third-order valence-electron chi connectivity index (χ3n) is 4.57. The molecule has 8 heteroatoms. The summed E-state index contributed by atoms with van der Waals surface area (Å²) in [6.07, 6.45) is 1.87. The van der Waals surface area contributed by atoms with E-state index in [0.29, 0.717) is 19.0 Å². The fourth-order valence-electron chi connectivity index (χ4n) is 3.14. The van der Waals surface area contributed by atoms with Crippen molar-refractivity contribution in [3.63, 3.8) is 0 Å². The van der Waals surface area contributed by atoms with Crippen LogP contribution in [0.25, 0.3) is 10.6 Å². The Balaban J connectivity index is 1.43. The van der Waals surface area contributed by atoms with Crippen LogP contribution in [0, 0.1) is 0 Å². The normalized spacial score (nSPS) is 10.8. The lowest BCUT2D eigenvalue weighted by Gasteiger charge is -2.10. The van der Waals surface area contributed by atoms with Crippen molar-refractivity contribution in [2.75, 3.05) is 11.9 Å². The Morgan fingerprint density at radius 2 is 1.97 bits per heavy atom. The van der Waals surface area contributed by atoms with E-state index in [0.717, 1.165) is 32.1 Å². The second-order valence-corrected chi connectivity index (χ2v) is 8.48. The van der Waals surface area contributed by atoms with Crippen molar-refractivity contribution in [2.24, 2.45) is 0 Å². The van der Waals surface area contributed by atoms with Gasteiger partial charge in [0.15, 0.2) is 0 Å². The molecule has 1 N–H and O–H groups in total. The van der Waals surface area contributed by atoms with Gasteiger partial charge in [0, 0.05) is 15.9 Å². The Labute approximate surface area is 193 Å². The van der Waals surface area contributed by atoms with Crippen molar-refractivity contribution in [3.05, 3.63) is 81.9 Å². The molecule has 0 saturated carbocycles. The first-order valence-corrected chi connectivity index (χ1v) is 11.5. The number of ether oxygens (including phenoxy) is 1. The zero-order valence-electron chi connectivity index (χ0n) is 16.9. The Bertz CT molecular complexity index is 1190. The van der Waals surface area contributed by atoms with E-state index in [1.54, 1.807) is 16.9 Å². The first kappa shape index (κ1) is 21.3. The average molecular weight is 497 g/mol. The number of anilines is 1. The molecule has 0 aliphatic heterocycles. The number of hydrogen-bond donors (Lipinski definition) is 1. The molecular formula is C23H21BrN4O2S. The predicted octanol–water partition coefficient (Wildman–Crippen LogP) is 5.40. The summed E-state index contributed by atoms with van der Waals surface area (Å²) in [6, 6.07) is 17.5. The number of benzene rings is 2. The number of rotatable bonds is 8. The van der Waals surface area contributed by atoms with Gasteiger partial charge in [0.25, 0.3) is 0 Å². The van der Waals surface area contributed by atoms with E-state index in [4.69, 9.17) is 4.74 Å². The number of carbonyl (C=O) groups is 1. The van der Waals surface area contributed by atoms with Gasteiger partial charge in [0.1, 0.15) is 16.6 Å². The van der Waals surface area contributed by atoms with Crippen LogP contribution >= 0.6 is 27.3 Å². The maximum absolute atomic E-state index is 12.6.